The van der Waals surface area contributed by atoms with Gasteiger partial charge in [0.2, 0.25) is 0 Å². The first-order valence-corrected chi connectivity index (χ1v) is 7.66. The molecule has 24 heavy (non-hydrogen) atoms. The number of rotatable bonds is 5. The van der Waals surface area contributed by atoms with Gasteiger partial charge in [-0.25, -0.2) is 4.98 Å². The van der Waals surface area contributed by atoms with Crippen molar-refractivity contribution in [2.24, 2.45) is 5.73 Å². The lowest BCUT2D eigenvalue weighted by Crippen LogP contribution is -2.14. The maximum Gasteiger partial charge on any atom is 0.181 e. The van der Waals surface area contributed by atoms with E-state index in [1.54, 1.807) is 26.4 Å². The van der Waals surface area contributed by atoms with Crippen LogP contribution in [0.2, 0.25) is 5.02 Å². The summed E-state index contributed by atoms with van der Waals surface area (Å²) >= 11 is 5.90. The number of halogens is 1. The van der Waals surface area contributed by atoms with Crippen molar-refractivity contribution < 1.29 is 9.47 Å². The maximum absolute atomic E-state index is 6.30. The lowest BCUT2D eigenvalue weighted by atomic mass is 10.1. The molecule has 3 N–H and O–H groups in total. The second-order valence-corrected chi connectivity index (χ2v) is 5.58. The van der Waals surface area contributed by atoms with E-state index in [-0.39, 0.29) is 0 Å². The van der Waals surface area contributed by atoms with Crippen LogP contribution in [0, 0.1) is 0 Å². The molecule has 0 radical (unpaired) electrons. The second kappa shape index (κ2) is 6.90. The molecule has 0 aliphatic carbocycles. The van der Waals surface area contributed by atoms with Crippen LogP contribution in [0.1, 0.15) is 17.4 Å². The summed E-state index contributed by atoms with van der Waals surface area (Å²) in [6.07, 6.45) is 0. The standard InChI is InChI=1S/C17H17ClN4O2/c1-23-13-8-5-11(9-14(13)24-2)15(19)17-20-16(21-22-17)10-3-6-12(18)7-4-10/h3-9,15H,19H2,1-2H3,(H,20,21,22). The van der Waals surface area contributed by atoms with Gasteiger partial charge in [-0.15, -0.1) is 0 Å². The average Bonchev–Trinajstić information content (AvgIpc) is 3.11. The van der Waals surface area contributed by atoms with E-state index < -0.39 is 6.04 Å². The zero-order valence-electron chi connectivity index (χ0n) is 13.3. The lowest BCUT2D eigenvalue weighted by Gasteiger charge is -2.13. The van der Waals surface area contributed by atoms with Gasteiger partial charge in [-0.2, -0.15) is 5.10 Å². The Hall–Kier alpha value is -2.57. The Kier molecular flexibility index (Phi) is 4.69. The third-order valence-corrected chi connectivity index (χ3v) is 3.92. The summed E-state index contributed by atoms with van der Waals surface area (Å²) in [6.45, 7) is 0. The molecule has 1 unspecified atom stereocenters. The maximum atomic E-state index is 6.30. The molecule has 1 heterocycles. The smallest absolute Gasteiger partial charge is 0.181 e. The molecule has 3 rings (SSSR count). The van der Waals surface area contributed by atoms with Crippen LogP contribution in [-0.4, -0.2) is 29.4 Å². The fraction of sp³-hybridized carbons (Fsp3) is 0.176. The Morgan fingerprint density at radius 1 is 1.04 bits per heavy atom. The molecule has 0 bridgehead atoms. The summed E-state index contributed by atoms with van der Waals surface area (Å²) in [4.78, 5) is 4.48. The van der Waals surface area contributed by atoms with Gasteiger partial charge < -0.3 is 15.2 Å². The van der Waals surface area contributed by atoms with Crippen LogP contribution in [0.25, 0.3) is 11.4 Å². The number of nitrogens with two attached hydrogens (primary N) is 1. The van der Waals surface area contributed by atoms with E-state index in [2.05, 4.69) is 15.2 Å². The topological polar surface area (TPSA) is 86.0 Å². The first-order chi connectivity index (χ1) is 11.6. The van der Waals surface area contributed by atoms with Crippen molar-refractivity contribution in [2.75, 3.05) is 14.2 Å². The van der Waals surface area contributed by atoms with Crippen LogP contribution >= 0.6 is 11.6 Å². The highest BCUT2D eigenvalue weighted by atomic mass is 35.5. The number of aromatic nitrogens is 3. The number of methoxy groups -OCH3 is 2. The van der Waals surface area contributed by atoms with Crippen molar-refractivity contribution in [3.8, 4) is 22.9 Å². The Bertz CT molecular complexity index is 833. The first-order valence-electron chi connectivity index (χ1n) is 7.28. The second-order valence-electron chi connectivity index (χ2n) is 5.14. The van der Waals surface area contributed by atoms with Gasteiger partial charge in [0, 0.05) is 10.6 Å². The minimum absolute atomic E-state index is 0.460. The molecule has 3 aromatic rings. The van der Waals surface area contributed by atoms with Gasteiger partial charge in [-0.1, -0.05) is 17.7 Å². The highest BCUT2D eigenvalue weighted by Gasteiger charge is 2.17. The van der Waals surface area contributed by atoms with E-state index >= 15 is 0 Å². The molecule has 0 aliphatic heterocycles. The number of benzene rings is 2. The fourth-order valence-corrected chi connectivity index (χ4v) is 2.47. The van der Waals surface area contributed by atoms with Gasteiger partial charge in [-0.3, -0.25) is 5.10 Å². The van der Waals surface area contributed by atoms with Gasteiger partial charge in [0.25, 0.3) is 0 Å². The normalized spacial score (nSPS) is 12.0. The molecule has 0 amide bonds. The molecule has 0 saturated heterocycles. The zero-order chi connectivity index (χ0) is 17.1. The van der Waals surface area contributed by atoms with E-state index in [4.69, 9.17) is 26.8 Å². The van der Waals surface area contributed by atoms with Crippen molar-refractivity contribution in [2.45, 2.75) is 6.04 Å². The number of H-pyrrole nitrogens is 1. The molecule has 6 nitrogen and oxygen atoms in total. The van der Waals surface area contributed by atoms with Crippen molar-refractivity contribution in [1.82, 2.24) is 15.2 Å². The molecular weight excluding hydrogens is 328 g/mol. The predicted molar refractivity (Wildman–Crippen MR) is 92.4 cm³/mol. The van der Waals surface area contributed by atoms with Crippen molar-refractivity contribution in [1.29, 1.82) is 0 Å². The SMILES string of the molecule is COc1ccc(C(N)c2nc(-c3ccc(Cl)cc3)n[nH]2)cc1OC. The Balaban J connectivity index is 1.88. The molecule has 0 fully saturated rings. The zero-order valence-corrected chi connectivity index (χ0v) is 14.0. The quantitative estimate of drug-likeness (QED) is 0.742. The van der Waals surface area contributed by atoms with E-state index in [1.165, 1.54) is 0 Å². The highest BCUT2D eigenvalue weighted by molar-refractivity contribution is 6.30. The van der Waals surface area contributed by atoms with E-state index in [0.29, 0.717) is 28.2 Å². The first kappa shape index (κ1) is 16.3. The van der Waals surface area contributed by atoms with Gasteiger partial charge >= 0.3 is 0 Å². The molecule has 0 aliphatic rings. The molecule has 1 aromatic heterocycles. The summed E-state index contributed by atoms with van der Waals surface area (Å²) in [6, 6.07) is 12.4. The van der Waals surface area contributed by atoms with Gasteiger partial charge in [0.15, 0.2) is 17.3 Å². The number of hydrogen-bond acceptors (Lipinski definition) is 5. The van der Waals surface area contributed by atoms with E-state index in [1.807, 2.05) is 30.3 Å². The highest BCUT2D eigenvalue weighted by Crippen LogP contribution is 2.31. The fourth-order valence-electron chi connectivity index (χ4n) is 2.35. The molecule has 2 aromatic carbocycles. The number of nitrogens with zero attached hydrogens (tertiary/aromatic N) is 2. The lowest BCUT2D eigenvalue weighted by molar-refractivity contribution is 0.354. The predicted octanol–water partition coefficient (Wildman–Crippen LogP) is 3.19. The third kappa shape index (κ3) is 3.20. The number of nitrogens with one attached hydrogen (secondary N) is 1. The van der Waals surface area contributed by atoms with Crippen LogP contribution in [0.4, 0.5) is 0 Å². The van der Waals surface area contributed by atoms with Crippen LogP contribution in [0.5, 0.6) is 11.5 Å². The van der Waals surface area contributed by atoms with E-state index in [9.17, 15) is 0 Å². The minimum atomic E-state index is -0.460. The monoisotopic (exact) mass is 344 g/mol. The number of ether oxygens (including phenoxy) is 2. The molecular formula is C17H17ClN4O2. The number of aromatic amines is 1. The molecule has 7 heteroatoms. The molecule has 0 saturated carbocycles. The Morgan fingerprint density at radius 3 is 2.42 bits per heavy atom. The summed E-state index contributed by atoms with van der Waals surface area (Å²) < 4.78 is 10.5. The molecule has 124 valence electrons. The average molecular weight is 345 g/mol. The summed E-state index contributed by atoms with van der Waals surface area (Å²) in [5, 5.41) is 7.78. The third-order valence-electron chi connectivity index (χ3n) is 3.67. The van der Waals surface area contributed by atoms with Crippen LogP contribution in [0.15, 0.2) is 42.5 Å². The van der Waals surface area contributed by atoms with Crippen LogP contribution < -0.4 is 15.2 Å². The minimum Gasteiger partial charge on any atom is -0.493 e. The van der Waals surface area contributed by atoms with Crippen LogP contribution in [-0.2, 0) is 0 Å². The summed E-state index contributed by atoms with van der Waals surface area (Å²) in [5.41, 5.74) is 8.00. The van der Waals surface area contributed by atoms with Crippen molar-refractivity contribution in [3.63, 3.8) is 0 Å². The Labute approximate surface area is 144 Å². The number of hydrogen-bond donors (Lipinski definition) is 2. The van der Waals surface area contributed by atoms with Gasteiger partial charge in [0.1, 0.15) is 5.82 Å². The Morgan fingerprint density at radius 2 is 1.75 bits per heavy atom. The largest absolute Gasteiger partial charge is 0.493 e. The summed E-state index contributed by atoms with van der Waals surface area (Å²) in [7, 11) is 3.17. The van der Waals surface area contributed by atoms with E-state index in [0.717, 1.165) is 11.1 Å². The van der Waals surface area contributed by atoms with Crippen molar-refractivity contribution >= 4 is 11.6 Å². The van der Waals surface area contributed by atoms with Gasteiger partial charge in [0.05, 0.1) is 20.3 Å². The molecule has 1 atom stereocenters. The van der Waals surface area contributed by atoms with Crippen LogP contribution in [0.3, 0.4) is 0 Å². The van der Waals surface area contributed by atoms with Gasteiger partial charge in [-0.05, 0) is 42.0 Å². The van der Waals surface area contributed by atoms with Crippen molar-refractivity contribution in [3.05, 3.63) is 58.9 Å². The molecule has 0 spiro atoms. The summed E-state index contributed by atoms with van der Waals surface area (Å²) in [5.74, 6) is 2.39.